The van der Waals surface area contributed by atoms with Crippen molar-refractivity contribution in [2.75, 3.05) is 7.11 Å². The Labute approximate surface area is 117 Å². The summed E-state index contributed by atoms with van der Waals surface area (Å²) in [5, 5.41) is 19.6. The molecular formula is C12H9N3O6. The molecule has 2 rings (SSSR count). The number of carbonyl (C=O) groups is 1. The minimum absolute atomic E-state index is 0.0311. The third-order valence-corrected chi connectivity index (χ3v) is 2.40. The Morgan fingerprint density at radius 3 is 2.71 bits per heavy atom. The van der Waals surface area contributed by atoms with Gasteiger partial charge >= 0.3 is 5.97 Å². The van der Waals surface area contributed by atoms with Crippen molar-refractivity contribution in [3.63, 3.8) is 0 Å². The summed E-state index contributed by atoms with van der Waals surface area (Å²) < 4.78 is 10.3. The number of nitro benzene ring substituents is 1. The van der Waals surface area contributed by atoms with Gasteiger partial charge in [0.05, 0.1) is 30.5 Å². The first kappa shape index (κ1) is 14.2. The smallest absolute Gasteiger partial charge is 0.356 e. The minimum Gasteiger partial charge on any atom is -0.493 e. The van der Waals surface area contributed by atoms with Crippen LogP contribution in [0, 0.1) is 10.1 Å². The second-order valence-corrected chi connectivity index (χ2v) is 3.74. The molecule has 0 atom stereocenters. The summed E-state index contributed by atoms with van der Waals surface area (Å²) in [5.41, 5.74) is -0.509. The number of aromatic carboxylic acids is 1. The first-order valence-corrected chi connectivity index (χ1v) is 5.57. The molecule has 9 heteroatoms. The average Bonchev–Trinajstić information content (AvgIpc) is 2.47. The number of hydrogen-bond donors (Lipinski definition) is 1. The van der Waals surface area contributed by atoms with Crippen LogP contribution in [-0.4, -0.2) is 33.1 Å². The molecule has 0 fully saturated rings. The molecule has 0 bridgehead atoms. The summed E-state index contributed by atoms with van der Waals surface area (Å²) in [6.07, 6.45) is 2.24. The van der Waals surface area contributed by atoms with Gasteiger partial charge in [-0.15, -0.1) is 0 Å². The maximum atomic E-state index is 10.8. The molecular weight excluding hydrogens is 282 g/mol. The number of carboxylic acids is 1. The van der Waals surface area contributed by atoms with Crippen LogP contribution in [-0.2, 0) is 0 Å². The Morgan fingerprint density at radius 1 is 1.33 bits per heavy atom. The van der Waals surface area contributed by atoms with Crippen LogP contribution in [0.1, 0.15) is 10.5 Å². The molecule has 0 radical (unpaired) electrons. The standard InChI is InChI=1S/C12H9N3O6/c1-20-9-3-2-7(15(18)19)4-10(9)21-11-6-13-5-8(14-11)12(16)17/h2-6H,1H3,(H,16,17). The van der Waals surface area contributed by atoms with Gasteiger partial charge in [0.2, 0.25) is 5.88 Å². The van der Waals surface area contributed by atoms with E-state index in [1.165, 1.54) is 25.4 Å². The van der Waals surface area contributed by atoms with Gasteiger partial charge in [-0.05, 0) is 6.07 Å². The van der Waals surface area contributed by atoms with Gasteiger partial charge in [0.25, 0.3) is 5.69 Å². The van der Waals surface area contributed by atoms with Crippen LogP contribution in [0.2, 0.25) is 0 Å². The van der Waals surface area contributed by atoms with E-state index in [-0.39, 0.29) is 28.8 Å². The van der Waals surface area contributed by atoms with Crippen molar-refractivity contribution in [3.8, 4) is 17.4 Å². The molecule has 108 valence electrons. The zero-order valence-electron chi connectivity index (χ0n) is 10.7. The predicted octanol–water partition coefficient (Wildman–Crippen LogP) is 1.88. The lowest BCUT2D eigenvalue weighted by Gasteiger charge is -2.09. The Balaban J connectivity index is 2.37. The van der Waals surface area contributed by atoms with Gasteiger partial charge in [-0.2, -0.15) is 0 Å². The van der Waals surface area contributed by atoms with Crippen LogP contribution in [0.15, 0.2) is 30.6 Å². The number of aromatic nitrogens is 2. The lowest BCUT2D eigenvalue weighted by molar-refractivity contribution is -0.384. The molecule has 1 aromatic heterocycles. The van der Waals surface area contributed by atoms with Gasteiger partial charge in [-0.1, -0.05) is 0 Å². The fraction of sp³-hybridized carbons (Fsp3) is 0.0833. The van der Waals surface area contributed by atoms with Crippen LogP contribution in [0.5, 0.6) is 17.4 Å². The molecule has 1 aromatic carbocycles. The highest BCUT2D eigenvalue weighted by Gasteiger charge is 2.15. The zero-order valence-corrected chi connectivity index (χ0v) is 10.7. The van der Waals surface area contributed by atoms with Crippen LogP contribution in [0.3, 0.4) is 0 Å². The average molecular weight is 291 g/mol. The van der Waals surface area contributed by atoms with Crippen molar-refractivity contribution < 1.29 is 24.3 Å². The third-order valence-electron chi connectivity index (χ3n) is 2.40. The normalized spacial score (nSPS) is 9.95. The molecule has 2 aromatic rings. The van der Waals surface area contributed by atoms with Gasteiger partial charge in [0.15, 0.2) is 17.2 Å². The number of methoxy groups -OCH3 is 1. The van der Waals surface area contributed by atoms with Crippen molar-refractivity contribution >= 4 is 11.7 Å². The van der Waals surface area contributed by atoms with Crippen LogP contribution in [0.4, 0.5) is 5.69 Å². The summed E-state index contributed by atoms with van der Waals surface area (Å²) in [5.74, 6) is -1.11. The molecule has 0 amide bonds. The molecule has 9 nitrogen and oxygen atoms in total. The predicted molar refractivity (Wildman–Crippen MR) is 68.7 cm³/mol. The second kappa shape index (κ2) is 5.82. The van der Waals surface area contributed by atoms with Gasteiger partial charge in [-0.3, -0.25) is 15.1 Å². The lowest BCUT2D eigenvalue weighted by atomic mass is 10.3. The maximum Gasteiger partial charge on any atom is 0.356 e. The molecule has 0 saturated carbocycles. The molecule has 0 unspecified atom stereocenters. The molecule has 0 aliphatic rings. The van der Waals surface area contributed by atoms with Gasteiger partial charge in [0, 0.05) is 6.07 Å². The van der Waals surface area contributed by atoms with E-state index >= 15 is 0 Å². The minimum atomic E-state index is -1.26. The largest absolute Gasteiger partial charge is 0.493 e. The zero-order chi connectivity index (χ0) is 15.4. The van der Waals surface area contributed by atoms with Gasteiger partial charge < -0.3 is 14.6 Å². The summed E-state index contributed by atoms with van der Waals surface area (Å²) in [7, 11) is 1.37. The van der Waals surface area contributed by atoms with Crippen molar-refractivity contribution in [1.29, 1.82) is 0 Å². The lowest BCUT2D eigenvalue weighted by Crippen LogP contribution is -2.02. The van der Waals surface area contributed by atoms with E-state index in [9.17, 15) is 14.9 Å². The number of carboxylic acid groups (broad SMARTS) is 1. The molecule has 0 aliphatic heterocycles. The Hall–Kier alpha value is -3.23. The van der Waals surface area contributed by atoms with Crippen LogP contribution < -0.4 is 9.47 Å². The third kappa shape index (κ3) is 3.21. The highest BCUT2D eigenvalue weighted by molar-refractivity contribution is 5.84. The van der Waals surface area contributed by atoms with Crippen LogP contribution >= 0.6 is 0 Å². The number of rotatable bonds is 5. The van der Waals surface area contributed by atoms with E-state index in [0.717, 1.165) is 12.3 Å². The molecule has 1 heterocycles. The van der Waals surface area contributed by atoms with Gasteiger partial charge in [0.1, 0.15) is 0 Å². The van der Waals surface area contributed by atoms with Crippen LogP contribution in [0.25, 0.3) is 0 Å². The summed E-state index contributed by atoms with van der Waals surface area (Å²) >= 11 is 0. The quantitative estimate of drug-likeness (QED) is 0.653. The number of nitro groups is 1. The summed E-state index contributed by atoms with van der Waals surface area (Å²) in [6, 6.07) is 3.76. The fourth-order valence-corrected chi connectivity index (χ4v) is 1.47. The number of ether oxygens (including phenoxy) is 2. The molecule has 0 saturated heterocycles. The van der Waals surface area contributed by atoms with E-state index in [0.29, 0.717) is 0 Å². The topological polar surface area (TPSA) is 125 Å². The number of non-ortho nitro benzene ring substituents is 1. The van der Waals surface area contributed by atoms with Crippen molar-refractivity contribution in [2.45, 2.75) is 0 Å². The Bertz CT molecular complexity index is 703. The maximum absolute atomic E-state index is 10.8. The SMILES string of the molecule is COc1ccc([N+](=O)[O-])cc1Oc1cncc(C(=O)O)n1. The first-order chi connectivity index (χ1) is 10.0. The molecule has 0 aliphatic carbocycles. The van der Waals surface area contributed by atoms with Crippen molar-refractivity contribution in [3.05, 3.63) is 46.4 Å². The molecule has 0 spiro atoms. The Kier molecular flexibility index (Phi) is 3.93. The molecule has 21 heavy (non-hydrogen) atoms. The van der Waals surface area contributed by atoms with E-state index < -0.39 is 10.9 Å². The van der Waals surface area contributed by atoms with E-state index in [2.05, 4.69) is 9.97 Å². The summed E-state index contributed by atoms with van der Waals surface area (Å²) in [4.78, 5) is 28.3. The summed E-state index contributed by atoms with van der Waals surface area (Å²) in [6.45, 7) is 0. The molecule has 1 N–H and O–H groups in total. The van der Waals surface area contributed by atoms with E-state index in [4.69, 9.17) is 14.6 Å². The monoisotopic (exact) mass is 291 g/mol. The van der Waals surface area contributed by atoms with Crippen molar-refractivity contribution in [1.82, 2.24) is 9.97 Å². The van der Waals surface area contributed by atoms with Crippen molar-refractivity contribution in [2.24, 2.45) is 0 Å². The Morgan fingerprint density at radius 2 is 2.10 bits per heavy atom. The fourth-order valence-electron chi connectivity index (χ4n) is 1.47. The first-order valence-electron chi connectivity index (χ1n) is 5.57. The number of benzene rings is 1. The number of nitrogens with zero attached hydrogens (tertiary/aromatic N) is 3. The highest BCUT2D eigenvalue weighted by atomic mass is 16.6. The van der Waals surface area contributed by atoms with E-state index in [1.54, 1.807) is 0 Å². The van der Waals surface area contributed by atoms with E-state index in [1.807, 2.05) is 0 Å². The number of hydrogen-bond acceptors (Lipinski definition) is 7. The second-order valence-electron chi connectivity index (χ2n) is 3.74. The van der Waals surface area contributed by atoms with Gasteiger partial charge in [-0.25, -0.2) is 9.78 Å². The highest BCUT2D eigenvalue weighted by Crippen LogP contribution is 2.33.